The van der Waals surface area contributed by atoms with Crippen molar-refractivity contribution in [1.29, 1.82) is 0 Å². The van der Waals surface area contributed by atoms with E-state index in [1.54, 1.807) is 7.11 Å². The molecule has 1 aromatic carbocycles. The van der Waals surface area contributed by atoms with E-state index >= 15 is 0 Å². The molecule has 2 aliphatic heterocycles. The quantitative estimate of drug-likeness (QED) is 0.777. The third-order valence-electron chi connectivity index (χ3n) is 5.22. The summed E-state index contributed by atoms with van der Waals surface area (Å²) in [5.74, 6) is 0.313. The maximum absolute atomic E-state index is 12.9. The van der Waals surface area contributed by atoms with Crippen LogP contribution in [0.2, 0.25) is 0 Å². The number of aromatic amines is 1. The fourth-order valence-electron chi connectivity index (χ4n) is 3.95. The number of methoxy groups -OCH3 is 1. The van der Waals surface area contributed by atoms with Gasteiger partial charge in [-0.1, -0.05) is 12.1 Å². The van der Waals surface area contributed by atoms with Crippen molar-refractivity contribution in [3.8, 4) is 5.75 Å². The lowest BCUT2D eigenvalue weighted by Crippen LogP contribution is -2.60. The number of amides is 2. The number of nitrogens with one attached hydrogen (secondary N) is 3. The number of aromatic nitrogens is 1. The lowest BCUT2D eigenvalue weighted by Gasteiger charge is -2.36. The topological polar surface area (TPSA) is 92.4 Å². The predicted octanol–water partition coefficient (Wildman–Crippen LogP) is 1.73. The van der Waals surface area contributed by atoms with Crippen molar-refractivity contribution in [3.05, 3.63) is 30.0 Å². The van der Waals surface area contributed by atoms with Crippen LogP contribution < -0.4 is 15.4 Å². The van der Waals surface area contributed by atoms with Crippen LogP contribution in [0.4, 0.5) is 0 Å². The van der Waals surface area contributed by atoms with Gasteiger partial charge >= 0.3 is 0 Å². The number of H-pyrrole nitrogens is 1. The third-order valence-corrected chi connectivity index (χ3v) is 5.22. The second-order valence-electron chi connectivity index (χ2n) is 6.84. The number of hydrogen-bond donors (Lipinski definition) is 3. The van der Waals surface area contributed by atoms with Crippen LogP contribution in [0.1, 0.15) is 36.2 Å². The van der Waals surface area contributed by atoms with E-state index in [0.717, 1.165) is 23.7 Å². The van der Waals surface area contributed by atoms with Gasteiger partial charge in [-0.05, 0) is 31.4 Å². The zero-order valence-corrected chi connectivity index (χ0v) is 14.7. The average Bonchev–Trinajstić information content (AvgIpc) is 3.30. The Hall–Kier alpha value is -2.54. The molecule has 2 fully saturated rings. The molecule has 0 bridgehead atoms. The van der Waals surface area contributed by atoms with E-state index < -0.39 is 0 Å². The molecule has 0 saturated carbocycles. The number of piperidine rings is 1. The SMILES string of the molecule is COc1c(C(=O)N[C@H]2CCC(=O)N[C@@H]2C2CCCO2)[nH]c2ccccc12. The third kappa shape index (κ3) is 3.03. The summed E-state index contributed by atoms with van der Waals surface area (Å²) < 4.78 is 11.2. The van der Waals surface area contributed by atoms with Gasteiger partial charge in [0, 0.05) is 23.9 Å². The molecule has 0 aliphatic carbocycles. The first-order valence-corrected chi connectivity index (χ1v) is 9.04. The molecular weight excluding hydrogens is 334 g/mol. The Balaban J connectivity index is 1.57. The second kappa shape index (κ2) is 6.99. The molecule has 3 atom stereocenters. The van der Waals surface area contributed by atoms with Gasteiger partial charge in [0.25, 0.3) is 5.91 Å². The predicted molar refractivity (Wildman–Crippen MR) is 96.2 cm³/mol. The fraction of sp³-hybridized carbons (Fsp3) is 0.474. The number of para-hydroxylation sites is 1. The van der Waals surface area contributed by atoms with E-state index in [-0.39, 0.29) is 30.0 Å². The molecule has 4 rings (SSSR count). The molecule has 2 aliphatic rings. The van der Waals surface area contributed by atoms with Crippen LogP contribution in [0.5, 0.6) is 5.75 Å². The van der Waals surface area contributed by atoms with Gasteiger partial charge in [0.15, 0.2) is 5.75 Å². The van der Waals surface area contributed by atoms with E-state index in [1.807, 2.05) is 24.3 Å². The zero-order chi connectivity index (χ0) is 18.1. The molecule has 3 N–H and O–H groups in total. The summed E-state index contributed by atoms with van der Waals surface area (Å²) in [5, 5.41) is 6.94. The van der Waals surface area contributed by atoms with Gasteiger partial charge in [-0.2, -0.15) is 0 Å². The molecule has 138 valence electrons. The molecule has 2 saturated heterocycles. The number of rotatable bonds is 4. The van der Waals surface area contributed by atoms with Gasteiger partial charge < -0.3 is 25.1 Å². The van der Waals surface area contributed by atoms with Crippen LogP contribution in [0, 0.1) is 0 Å². The lowest BCUT2D eigenvalue weighted by molar-refractivity contribution is -0.125. The molecule has 1 unspecified atom stereocenters. The number of fused-ring (bicyclic) bond motifs is 1. The van der Waals surface area contributed by atoms with Gasteiger partial charge in [-0.15, -0.1) is 0 Å². The molecule has 1 aromatic heterocycles. The monoisotopic (exact) mass is 357 g/mol. The first-order valence-electron chi connectivity index (χ1n) is 9.04. The molecule has 3 heterocycles. The summed E-state index contributed by atoms with van der Waals surface area (Å²) >= 11 is 0. The van der Waals surface area contributed by atoms with Crippen LogP contribution in [-0.2, 0) is 9.53 Å². The van der Waals surface area contributed by atoms with Crippen LogP contribution in [0.25, 0.3) is 10.9 Å². The number of benzene rings is 1. The van der Waals surface area contributed by atoms with Gasteiger partial charge in [-0.3, -0.25) is 9.59 Å². The van der Waals surface area contributed by atoms with Crippen molar-refractivity contribution in [2.45, 2.75) is 43.9 Å². The smallest absolute Gasteiger partial charge is 0.271 e. The maximum atomic E-state index is 12.9. The summed E-state index contributed by atoms with van der Waals surface area (Å²) in [6, 6.07) is 7.27. The molecule has 0 spiro atoms. The lowest BCUT2D eigenvalue weighted by atomic mass is 9.92. The van der Waals surface area contributed by atoms with Gasteiger partial charge in [-0.25, -0.2) is 0 Å². The van der Waals surface area contributed by atoms with Crippen molar-refractivity contribution in [3.63, 3.8) is 0 Å². The van der Waals surface area contributed by atoms with Crippen LogP contribution in [0.3, 0.4) is 0 Å². The number of carbonyl (C=O) groups excluding carboxylic acids is 2. The van der Waals surface area contributed by atoms with Crippen molar-refractivity contribution >= 4 is 22.7 Å². The Kier molecular flexibility index (Phi) is 4.55. The van der Waals surface area contributed by atoms with Crippen molar-refractivity contribution < 1.29 is 19.1 Å². The Labute approximate surface area is 151 Å². The normalized spacial score (nSPS) is 25.9. The van der Waals surface area contributed by atoms with Crippen molar-refractivity contribution in [2.75, 3.05) is 13.7 Å². The molecule has 7 nitrogen and oxygen atoms in total. The highest BCUT2D eigenvalue weighted by atomic mass is 16.5. The molecular formula is C19H23N3O4. The minimum absolute atomic E-state index is 0.0131. The highest BCUT2D eigenvalue weighted by Crippen LogP contribution is 2.30. The van der Waals surface area contributed by atoms with Crippen LogP contribution in [0.15, 0.2) is 24.3 Å². The molecule has 0 radical (unpaired) electrons. The average molecular weight is 357 g/mol. The van der Waals surface area contributed by atoms with Crippen molar-refractivity contribution in [2.24, 2.45) is 0 Å². The summed E-state index contributed by atoms with van der Waals surface area (Å²) in [6.07, 6.45) is 2.83. The van der Waals surface area contributed by atoms with E-state index in [4.69, 9.17) is 9.47 Å². The Morgan fingerprint density at radius 3 is 2.92 bits per heavy atom. The molecule has 2 amide bonds. The standard InChI is InChI=1S/C19H23N3O4/c1-25-18-11-5-2-3-6-12(11)20-17(18)19(24)21-13-8-9-15(23)22-16(13)14-7-4-10-26-14/h2-3,5-6,13-14,16,20H,4,7-10H2,1H3,(H,21,24)(H,22,23)/t13-,14?,16-/m0/s1. The van der Waals surface area contributed by atoms with Gasteiger partial charge in [0.05, 0.1) is 25.3 Å². The Morgan fingerprint density at radius 2 is 2.15 bits per heavy atom. The zero-order valence-electron chi connectivity index (χ0n) is 14.7. The van der Waals surface area contributed by atoms with E-state index in [9.17, 15) is 9.59 Å². The number of hydrogen-bond acceptors (Lipinski definition) is 4. The summed E-state index contributed by atoms with van der Waals surface area (Å²) in [6.45, 7) is 0.702. The Bertz CT molecular complexity index is 825. The van der Waals surface area contributed by atoms with Crippen LogP contribution >= 0.6 is 0 Å². The summed E-state index contributed by atoms with van der Waals surface area (Å²) in [7, 11) is 1.56. The minimum Gasteiger partial charge on any atom is -0.494 e. The first-order chi connectivity index (χ1) is 12.7. The highest BCUT2D eigenvalue weighted by Gasteiger charge is 2.38. The Morgan fingerprint density at radius 1 is 1.31 bits per heavy atom. The largest absolute Gasteiger partial charge is 0.494 e. The number of ether oxygens (including phenoxy) is 2. The fourth-order valence-corrected chi connectivity index (χ4v) is 3.95. The number of carbonyl (C=O) groups is 2. The van der Waals surface area contributed by atoms with E-state index in [1.165, 1.54) is 0 Å². The highest BCUT2D eigenvalue weighted by molar-refractivity contribution is 6.03. The second-order valence-corrected chi connectivity index (χ2v) is 6.84. The van der Waals surface area contributed by atoms with Crippen LogP contribution in [-0.4, -0.2) is 48.7 Å². The first kappa shape index (κ1) is 16.9. The maximum Gasteiger partial charge on any atom is 0.271 e. The van der Waals surface area contributed by atoms with Gasteiger partial charge in [0.2, 0.25) is 5.91 Å². The summed E-state index contributed by atoms with van der Waals surface area (Å²) in [5.41, 5.74) is 1.25. The molecule has 2 aromatic rings. The van der Waals surface area contributed by atoms with E-state index in [0.29, 0.717) is 30.9 Å². The molecule has 26 heavy (non-hydrogen) atoms. The van der Waals surface area contributed by atoms with Crippen molar-refractivity contribution in [1.82, 2.24) is 15.6 Å². The van der Waals surface area contributed by atoms with Gasteiger partial charge in [0.1, 0.15) is 5.69 Å². The minimum atomic E-state index is -0.234. The summed E-state index contributed by atoms with van der Waals surface area (Å²) in [4.78, 5) is 27.9. The van der Waals surface area contributed by atoms with E-state index in [2.05, 4.69) is 15.6 Å². The molecule has 7 heteroatoms.